The molecule has 0 aliphatic carbocycles. The van der Waals surface area contributed by atoms with E-state index in [1.54, 1.807) is 24.5 Å². The molecule has 25 heavy (non-hydrogen) atoms. The van der Waals surface area contributed by atoms with Crippen LogP contribution in [0.1, 0.15) is 21.0 Å². The Balaban J connectivity index is 1.90. The number of sulfonamides is 1. The number of hydrogen-bond donors (Lipinski definition) is 3. The van der Waals surface area contributed by atoms with Gasteiger partial charge in [-0.2, -0.15) is 0 Å². The van der Waals surface area contributed by atoms with Crippen molar-refractivity contribution in [3.05, 3.63) is 51.5 Å². The third-order valence-corrected chi connectivity index (χ3v) is 5.67. The molecule has 0 unspecified atom stereocenters. The monoisotopic (exact) mass is 381 g/mol. The molecule has 0 spiro atoms. The van der Waals surface area contributed by atoms with Gasteiger partial charge in [-0.05, 0) is 25.1 Å². The minimum Gasteiger partial charge on any atom is -0.352 e. The average Bonchev–Trinajstić information content (AvgIpc) is 3.00. The standard InChI is InChI=1S/C16H23N5O2S2/c1-12-8-19-15(24-12)10-21-16(17-2)20-9-13-5-4-6-14(7-13)11-25(22,23)18-3/h4-8,18H,9-11H2,1-3H3,(H2,17,20,21). The molecule has 0 bridgehead atoms. The van der Waals surface area contributed by atoms with Crippen molar-refractivity contribution in [1.29, 1.82) is 0 Å². The Bertz CT molecular complexity index is 831. The highest BCUT2D eigenvalue weighted by molar-refractivity contribution is 7.88. The molecule has 136 valence electrons. The zero-order valence-corrected chi connectivity index (χ0v) is 16.2. The molecular formula is C16H23N5O2S2. The first kappa shape index (κ1) is 19.4. The van der Waals surface area contributed by atoms with Crippen LogP contribution < -0.4 is 15.4 Å². The molecule has 9 heteroatoms. The molecule has 7 nitrogen and oxygen atoms in total. The highest BCUT2D eigenvalue weighted by Gasteiger charge is 2.09. The van der Waals surface area contributed by atoms with E-state index in [1.807, 2.05) is 31.3 Å². The predicted octanol–water partition coefficient (Wildman–Crippen LogP) is 1.37. The molecule has 2 rings (SSSR count). The van der Waals surface area contributed by atoms with Crippen LogP contribution in [-0.4, -0.2) is 33.5 Å². The Morgan fingerprint density at radius 1 is 1.24 bits per heavy atom. The molecule has 0 saturated carbocycles. The number of thiazole rings is 1. The van der Waals surface area contributed by atoms with Crippen LogP contribution in [0.2, 0.25) is 0 Å². The van der Waals surface area contributed by atoms with Crippen LogP contribution in [0.3, 0.4) is 0 Å². The van der Waals surface area contributed by atoms with Crippen molar-refractivity contribution >= 4 is 27.3 Å². The van der Waals surface area contributed by atoms with Gasteiger partial charge >= 0.3 is 0 Å². The third-order valence-electron chi connectivity index (χ3n) is 3.42. The van der Waals surface area contributed by atoms with Gasteiger partial charge in [0.25, 0.3) is 0 Å². The van der Waals surface area contributed by atoms with Gasteiger partial charge in [0, 0.05) is 24.7 Å². The fourth-order valence-electron chi connectivity index (χ4n) is 2.17. The lowest BCUT2D eigenvalue weighted by Gasteiger charge is -2.12. The number of rotatable bonds is 7. The summed E-state index contributed by atoms with van der Waals surface area (Å²) in [5.74, 6) is 0.634. The summed E-state index contributed by atoms with van der Waals surface area (Å²) in [7, 11) is -0.151. The van der Waals surface area contributed by atoms with Crippen LogP contribution in [-0.2, 0) is 28.9 Å². The van der Waals surface area contributed by atoms with E-state index in [-0.39, 0.29) is 5.75 Å². The first-order chi connectivity index (χ1) is 11.9. The van der Waals surface area contributed by atoms with Crippen molar-refractivity contribution in [2.45, 2.75) is 25.8 Å². The molecule has 1 aromatic carbocycles. The topological polar surface area (TPSA) is 95.5 Å². The molecule has 2 aromatic rings. The lowest BCUT2D eigenvalue weighted by atomic mass is 10.1. The van der Waals surface area contributed by atoms with Crippen LogP contribution in [0.5, 0.6) is 0 Å². The molecule has 1 aromatic heterocycles. The summed E-state index contributed by atoms with van der Waals surface area (Å²) in [6.07, 6.45) is 1.85. The Kier molecular flexibility index (Phi) is 6.91. The van der Waals surface area contributed by atoms with Crippen molar-refractivity contribution in [2.24, 2.45) is 4.99 Å². The van der Waals surface area contributed by atoms with Gasteiger partial charge in [-0.15, -0.1) is 11.3 Å². The van der Waals surface area contributed by atoms with E-state index in [9.17, 15) is 8.42 Å². The van der Waals surface area contributed by atoms with Crippen molar-refractivity contribution in [3.8, 4) is 0 Å². The SMILES string of the molecule is CN=C(NCc1cccc(CS(=O)(=O)NC)c1)NCc1ncc(C)s1. The number of nitrogens with one attached hydrogen (secondary N) is 3. The lowest BCUT2D eigenvalue weighted by Crippen LogP contribution is -2.36. The summed E-state index contributed by atoms with van der Waals surface area (Å²) in [5.41, 5.74) is 1.73. The quantitative estimate of drug-likeness (QED) is 0.497. The summed E-state index contributed by atoms with van der Waals surface area (Å²) >= 11 is 1.64. The largest absolute Gasteiger partial charge is 0.352 e. The van der Waals surface area contributed by atoms with Gasteiger partial charge in [-0.3, -0.25) is 4.99 Å². The highest BCUT2D eigenvalue weighted by Crippen LogP contribution is 2.10. The van der Waals surface area contributed by atoms with Crippen LogP contribution in [0, 0.1) is 6.92 Å². The summed E-state index contributed by atoms with van der Waals surface area (Å²) in [4.78, 5) is 9.66. The minimum absolute atomic E-state index is 0.0340. The molecule has 0 fully saturated rings. The number of aromatic nitrogens is 1. The van der Waals surface area contributed by atoms with E-state index in [0.29, 0.717) is 19.0 Å². The number of aryl methyl sites for hydroxylation is 1. The first-order valence-electron chi connectivity index (χ1n) is 7.76. The van der Waals surface area contributed by atoms with Gasteiger partial charge in [0.2, 0.25) is 10.0 Å². The van der Waals surface area contributed by atoms with Crippen LogP contribution in [0.4, 0.5) is 0 Å². The van der Waals surface area contributed by atoms with E-state index >= 15 is 0 Å². The Morgan fingerprint density at radius 2 is 1.96 bits per heavy atom. The molecule has 0 saturated heterocycles. The zero-order chi connectivity index (χ0) is 18.3. The normalized spacial score (nSPS) is 12.2. The summed E-state index contributed by atoms with van der Waals surface area (Å²) in [5, 5.41) is 7.43. The van der Waals surface area contributed by atoms with Gasteiger partial charge in [0.05, 0.1) is 12.3 Å². The Labute approximate surface area is 152 Å². The van der Waals surface area contributed by atoms with E-state index in [2.05, 4.69) is 25.3 Å². The molecule has 1 heterocycles. The first-order valence-corrected chi connectivity index (χ1v) is 10.2. The Morgan fingerprint density at radius 3 is 2.60 bits per heavy atom. The number of aliphatic imine (C=N–C) groups is 1. The molecular weight excluding hydrogens is 358 g/mol. The van der Waals surface area contributed by atoms with Crippen LogP contribution in [0.15, 0.2) is 35.5 Å². The zero-order valence-electron chi connectivity index (χ0n) is 14.5. The molecule has 0 aliphatic rings. The third kappa shape index (κ3) is 6.45. The van der Waals surface area contributed by atoms with Crippen molar-refractivity contribution in [1.82, 2.24) is 20.3 Å². The molecule has 0 radical (unpaired) electrons. The summed E-state index contributed by atoms with van der Waals surface area (Å²) in [6.45, 7) is 3.18. The highest BCUT2D eigenvalue weighted by atomic mass is 32.2. The van der Waals surface area contributed by atoms with E-state index in [0.717, 1.165) is 16.1 Å². The van der Waals surface area contributed by atoms with Crippen molar-refractivity contribution in [2.75, 3.05) is 14.1 Å². The number of benzene rings is 1. The van der Waals surface area contributed by atoms with Crippen molar-refractivity contribution < 1.29 is 8.42 Å². The molecule has 3 N–H and O–H groups in total. The average molecular weight is 382 g/mol. The van der Waals surface area contributed by atoms with Crippen molar-refractivity contribution in [3.63, 3.8) is 0 Å². The van der Waals surface area contributed by atoms with Gasteiger partial charge in [-0.1, -0.05) is 24.3 Å². The smallest absolute Gasteiger partial charge is 0.215 e. The summed E-state index contributed by atoms with van der Waals surface area (Å²) < 4.78 is 25.6. The van der Waals surface area contributed by atoms with E-state index < -0.39 is 10.0 Å². The lowest BCUT2D eigenvalue weighted by molar-refractivity contribution is 0.587. The number of guanidine groups is 1. The maximum Gasteiger partial charge on any atom is 0.215 e. The fourth-order valence-corrected chi connectivity index (χ4v) is 3.66. The second-order valence-electron chi connectivity index (χ2n) is 5.43. The van der Waals surface area contributed by atoms with Gasteiger partial charge in [0.15, 0.2) is 5.96 Å². The second kappa shape index (κ2) is 8.93. The molecule has 0 aliphatic heterocycles. The van der Waals surface area contributed by atoms with Gasteiger partial charge < -0.3 is 10.6 Å². The maximum atomic E-state index is 11.7. The minimum atomic E-state index is -3.27. The molecule has 0 atom stereocenters. The maximum absolute atomic E-state index is 11.7. The Hall–Kier alpha value is -1.97. The van der Waals surface area contributed by atoms with E-state index in [1.165, 1.54) is 11.9 Å². The number of hydrogen-bond acceptors (Lipinski definition) is 5. The second-order valence-corrected chi connectivity index (χ2v) is 8.67. The summed E-state index contributed by atoms with van der Waals surface area (Å²) in [6, 6.07) is 7.47. The molecule has 0 amide bonds. The van der Waals surface area contributed by atoms with Crippen LogP contribution in [0.25, 0.3) is 0 Å². The van der Waals surface area contributed by atoms with Gasteiger partial charge in [0.1, 0.15) is 5.01 Å². The van der Waals surface area contributed by atoms with Gasteiger partial charge in [-0.25, -0.2) is 18.1 Å². The van der Waals surface area contributed by atoms with E-state index in [4.69, 9.17) is 0 Å². The van der Waals surface area contributed by atoms with Crippen LogP contribution >= 0.6 is 11.3 Å². The fraction of sp³-hybridized carbons (Fsp3) is 0.375. The predicted molar refractivity (Wildman–Crippen MR) is 102 cm³/mol. The number of nitrogens with zero attached hydrogens (tertiary/aromatic N) is 2.